The summed E-state index contributed by atoms with van der Waals surface area (Å²) in [6.07, 6.45) is 0.910. The molecule has 0 spiro atoms. The molecule has 32 heavy (non-hydrogen) atoms. The Kier molecular flexibility index (Phi) is 7.53. The fraction of sp³-hybridized carbons (Fsp3) is 0.208. The second kappa shape index (κ2) is 10.1. The van der Waals surface area contributed by atoms with Crippen molar-refractivity contribution in [1.29, 1.82) is 0 Å². The molecule has 0 bridgehead atoms. The van der Waals surface area contributed by atoms with Crippen LogP contribution in [0.25, 0.3) is 0 Å². The Balaban J connectivity index is 1.88. The molecule has 0 aromatic heterocycles. The molecule has 1 N–H and O–H groups in total. The monoisotopic (exact) mass is 474 g/mol. The van der Waals surface area contributed by atoms with E-state index in [1.54, 1.807) is 18.2 Å². The number of aryl methyl sites for hydroxylation is 1. The highest BCUT2D eigenvalue weighted by atomic mass is 35.5. The van der Waals surface area contributed by atoms with Crippen LogP contribution in [0.5, 0.6) is 0 Å². The topological polar surface area (TPSA) is 66.5 Å². The van der Waals surface area contributed by atoms with Crippen LogP contribution < -0.4 is 9.62 Å². The molecule has 1 atom stereocenters. The molecule has 1 amide bonds. The zero-order valence-electron chi connectivity index (χ0n) is 17.8. The first-order valence-corrected chi connectivity index (χ1v) is 11.9. The number of anilines is 1. The molecule has 0 saturated heterocycles. The average molecular weight is 475 g/mol. The van der Waals surface area contributed by atoms with Crippen LogP contribution in [0.4, 0.5) is 10.1 Å². The molecule has 8 heteroatoms. The van der Waals surface area contributed by atoms with E-state index in [0.29, 0.717) is 0 Å². The van der Waals surface area contributed by atoms with E-state index in [2.05, 4.69) is 12.2 Å². The predicted molar refractivity (Wildman–Crippen MR) is 125 cm³/mol. The zero-order valence-corrected chi connectivity index (χ0v) is 19.3. The summed E-state index contributed by atoms with van der Waals surface area (Å²) in [5.41, 5.74) is 2.17. The fourth-order valence-corrected chi connectivity index (χ4v) is 4.83. The lowest BCUT2D eigenvalue weighted by atomic mass is 10.1. The Labute approximate surface area is 192 Å². The van der Waals surface area contributed by atoms with Gasteiger partial charge in [0.05, 0.1) is 21.6 Å². The predicted octanol–water partition coefficient (Wildman–Crippen LogP) is 5.11. The highest BCUT2D eigenvalue weighted by Gasteiger charge is 2.28. The molecular weight excluding hydrogens is 451 g/mol. The second-order valence-electron chi connectivity index (χ2n) is 7.31. The lowest BCUT2D eigenvalue weighted by molar-refractivity contribution is -0.120. The first-order chi connectivity index (χ1) is 15.2. The molecule has 0 aliphatic rings. The molecule has 3 aromatic carbocycles. The van der Waals surface area contributed by atoms with Crippen molar-refractivity contribution in [3.63, 3.8) is 0 Å². The lowest BCUT2D eigenvalue weighted by Gasteiger charge is -2.25. The van der Waals surface area contributed by atoms with Crippen LogP contribution in [0.15, 0.2) is 77.7 Å². The number of rotatable bonds is 8. The van der Waals surface area contributed by atoms with Gasteiger partial charge in [-0.05, 0) is 54.8 Å². The molecule has 0 unspecified atom stereocenters. The number of amides is 1. The van der Waals surface area contributed by atoms with Crippen molar-refractivity contribution in [2.24, 2.45) is 0 Å². The summed E-state index contributed by atoms with van der Waals surface area (Å²) in [5, 5.41) is 2.60. The van der Waals surface area contributed by atoms with Gasteiger partial charge in [0, 0.05) is 0 Å². The van der Waals surface area contributed by atoms with Gasteiger partial charge in [0.1, 0.15) is 12.4 Å². The minimum Gasteiger partial charge on any atom is -0.348 e. The summed E-state index contributed by atoms with van der Waals surface area (Å²) < 4.78 is 41.2. The molecule has 0 saturated carbocycles. The Morgan fingerprint density at radius 1 is 1.06 bits per heavy atom. The van der Waals surface area contributed by atoms with Crippen LogP contribution in [0.3, 0.4) is 0 Å². The number of sulfonamides is 1. The summed E-state index contributed by atoms with van der Waals surface area (Å²) in [5.74, 6) is -1.18. The number of nitrogens with zero attached hydrogens (tertiary/aromatic N) is 1. The smallest absolute Gasteiger partial charge is 0.264 e. The third kappa shape index (κ3) is 5.47. The number of benzene rings is 3. The van der Waals surface area contributed by atoms with Gasteiger partial charge in [0.25, 0.3) is 10.0 Å². The van der Waals surface area contributed by atoms with Crippen LogP contribution in [-0.4, -0.2) is 20.9 Å². The maximum atomic E-state index is 13.7. The number of carbonyl (C=O) groups excluding carboxylic acids is 1. The highest BCUT2D eigenvalue weighted by Crippen LogP contribution is 2.27. The minimum absolute atomic E-state index is 0.0106. The van der Waals surface area contributed by atoms with Crippen LogP contribution in [0.1, 0.15) is 31.0 Å². The molecule has 0 fully saturated rings. The second-order valence-corrected chi connectivity index (χ2v) is 9.58. The van der Waals surface area contributed by atoms with Gasteiger partial charge in [-0.1, -0.05) is 61.0 Å². The molecule has 168 valence electrons. The molecule has 0 aliphatic heterocycles. The van der Waals surface area contributed by atoms with E-state index in [1.165, 1.54) is 29.8 Å². The van der Waals surface area contributed by atoms with Gasteiger partial charge in [-0.15, -0.1) is 0 Å². The molecule has 0 radical (unpaired) electrons. The van der Waals surface area contributed by atoms with Crippen molar-refractivity contribution in [2.75, 3.05) is 10.8 Å². The van der Waals surface area contributed by atoms with Gasteiger partial charge in [0.15, 0.2) is 0 Å². The quantitative estimate of drug-likeness (QED) is 0.493. The van der Waals surface area contributed by atoms with Crippen molar-refractivity contribution in [3.05, 3.63) is 94.8 Å². The van der Waals surface area contributed by atoms with Crippen LogP contribution >= 0.6 is 11.6 Å². The highest BCUT2D eigenvalue weighted by molar-refractivity contribution is 7.92. The van der Waals surface area contributed by atoms with Crippen LogP contribution in [0, 0.1) is 5.82 Å². The van der Waals surface area contributed by atoms with E-state index in [9.17, 15) is 17.6 Å². The van der Waals surface area contributed by atoms with Gasteiger partial charge in [0.2, 0.25) is 5.91 Å². The largest absolute Gasteiger partial charge is 0.348 e. The van der Waals surface area contributed by atoms with E-state index in [1.807, 2.05) is 31.2 Å². The van der Waals surface area contributed by atoms with Crippen LogP contribution in [-0.2, 0) is 21.2 Å². The van der Waals surface area contributed by atoms with E-state index < -0.39 is 28.3 Å². The molecule has 0 aliphatic carbocycles. The summed E-state index contributed by atoms with van der Waals surface area (Å²) in [4.78, 5) is 12.8. The average Bonchev–Trinajstić information content (AvgIpc) is 2.80. The summed E-state index contributed by atoms with van der Waals surface area (Å²) in [7, 11) is -4.10. The summed E-state index contributed by atoms with van der Waals surface area (Å²) in [6, 6.07) is 18.8. The standard InChI is InChI=1S/C24H24ClFN2O3S/c1-3-18-9-11-19(12-10-18)17(2)27-24(29)16-28(20-13-14-23(26)22(25)15-20)32(30,31)21-7-5-4-6-8-21/h4-15,17H,3,16H2,1-2H3,(H,27,29)/t17-/m0/s1. The van der Waals surface area contributed by atoms with Crippen molar-refractivity contribution in [1.82, 2.24) is 5.32 Å². The molecule has 3 rings (SSSR count). The minimum atomic E-state index is -4.10. The molecule has 0 heterocycles. The number of nitrogens with one attached hydrogen (secondary N) is 1. The Morgan fingerprint density at radius 3 is 2.31 bits per heavy atom. The Bertz CT molecular complexity index is 1190. The first-order valence-electron chi connectivity index (χ1n) is 10.1. The lowest BCUT2D eigenvalue weighted by Crippen LogP contribution is -2.41. The Morgan fingerprint density at radius 2 is 1.72 bits per heavy atom. The Hall–Kier alpha value is -2.90. The SMILES string of the molecule is CCc1ccc([C@H](C)NC(=O)CN(c2ccc(F)c(Cl)c2)S(=O)(=O)c2ccccc2)cc1. The van der Waals surface area contributed by atoms with Crippen LogP contribution in [0.2, 0.25) is 5.02 Å². The van der Waals surface area contributed by atoms with Gasteiger partial charge in [-0.25, -0.2) is 12.8 Å². The van der Waals surface area contributed by atoms with Gasteiger partial charge < -0.3 is 5.32 Å². The maximum Gasteiger partial charge on any atom is 0.264 e. The van der Waals surface area contributed by atoms with Crippen molar-refractivity contribution in [3.8, 4) is 0 Å². The molecule has 5 nitrogen and oxygen atoms in total. The number of hydrogen-bond donors (Lipinski definition) is 1. The molecule has 3 aromatic rings. The zero-order chi connectivity index (χ0) is 23.3. The van der Waals surface area contributed by atoms with E-state index >= 15 is 0 Å². The van der Waals surface area contributed by atoms with Crippen molar-refractivity contribution in [2.45, 2.75) is 31.2 Å². The first kappa shape index (κ1) is 23.8. The van der Waals surface area contributed by atoms with Gasteiger partial charge >= 0.3 is 0 Å². The summed E-state index contributed by atoms with van der Waals surface area (Å²) in [6.45, 7) is 3.39. The summed E-state index contributed by atoms with van der Waals surface area (Å²) >= 11 is 5.88. The number of carbonyl (C=O) groups is 1. The maximum absolute atomic E-state index is 13.7. The van der Waals surface area contributed by atoms with E-state index in [-0.39, 0.29) is 21.6 Å². The number of halogens is 2. The van der Waals surface area contributed by atoms with Crippen molar-refractivity contribution < 1.29 is 17.6 Å². The normalized spacial score (nSPS) is 12.2. The van der Waals surface area contributed by atoms with Gasteiger partial charge in [-0.3, -0.25) is 9.10 Å². The van der Waals surface area contributed by atoms with E-state index in [0.717, 1.165) is 22.4 Å². The number of hydrogen-bond acceptors (Lipinski definition) is 3. The van der Waals surface area contributed by atoms with E-state index in [4.69, 9.17) is 11.6 Å². The van der Waals surface area contributed by atoms with Gasteiger partial charge in [-0.2, -0.15) is 0 Å². The third-order valence-corrected chi connectivity index (χ3v) is 7.15. The van der Waals surface area contributed by atoms with Crippen molar-refractivity contribution >= 4 is 33.2 Å². The fourth-order valence-electron chi connectivity index (χ4n) is 3.22. The molecular formula is C24H24ClFN2O3S. The third-order valence-electron chi connectivity index (χ3n) is 5.08.